The molecular formula is C26H26F9N3O3. The molecule has 226 valence electrons. The van der Waals surface area contributed by atoms with Crippen molar-refractivity contribution in [3.8, 4) is 0 Å². The smallest absolute Gasteiger partial charge is 0.417 e. The van der Waals surface area contributed by atoms with Gasteiger partial charge in [-0.25, -0.2) is 9.78 Å². The summed E-state index contributed by atoms with van der Waals surface area (Å²) in [6, 6.07) is 0.336. The van der Waals surface area contributed by atoms with E-state index in [0.29, 0.717) is 37.8 Å². The molecule has 1 amide bonds. The summed E-state index contributed by atoms with van der Waals surface area (Å²) in [5.41, 5.74) is -4.87. The van der Waals surface area contributed by atoms with Gasteiger partial charge in [-0.05, 0) is 56.0 Å². The van der Waals surface area contributed by atoms with Crippen LogP contribution in [-0.2, 0) is 34.5 Å². The van der Waals surface area contributed by atoms with Gasteiger partial charge in [0.05, 0.1) is 35.4 Å². The van der Waals surface area contributed by atoms with Gasteiger partial charge in [0.15, 0.2) is 0 Å². The molecule has 4 rings (SSSR count). The number of anilines is 1. The minimum absolute atomic E-state index is 0.0473. The number of nitrogens with one attached hydrogen (secondary N) is 1. The number of ether oxygens (including phenoxy) is 2. The minimum atomic E-state index is -5.12. The lowest BCUT2D eigenvalue weighted by atomic mass is 9.97. The summed E-state index contributed by atoms with van der Waals surface area (Å²) < 4.78 is 132. The Morgan fingerprint density at radius 1 is 0.951 bits per heavy atom. The van der Waals surface area contributed by atoms with E-state index in [9.17, 15) is 44.3 Å². The van der Waals surface area contributed by atoms with E-state index in [1.807, 2.05) is 6.92 Å². The van der Waals surface area contributed by atoms with Crippen molar-refractivity contribution in [2.75, 3.05) is 11.9 Å². The molecule has 1 aromatic heterocycles. The van der Waals surface area contributed by atoms with Crippen LogP contribution in [0, 0.1) is 0 Å². The zero-order valence-electron chi connectivity index (χ0n) is 21.8. The number of pyridine rings is 1. The fourth-order valence-electron chi connectivity index (χ4n) is 4.89. The third-order valence-corrected chi connectivity index (χ3v) is 7.13. The van der Waals surface area contributed by atoms with Crippen LogP contribution in [0.2, 0.25) is 0 Å². The molecule has 2 unspecified atom stereocenters. The van der Waals surface area contributed by atoms with Crippen molar-refractivity contribution in [2.45, 2.75) is 82.5 Å². The maximum atomic E-state index is 13.5. The Morgan fingerprint density at radius 3 is 2.12 bits per heavy atom. The minimum Gasteiger partial charge on any atom is -0.439 e. The van der Waals surface area contributed by atoms with E-state index in [1.54, 1.807) is 0 Å². The zero-order chi connectivity index (χ0) is 30.3. The molecule has 4 atom stereocenters. The van der Waals surface area contributed by atoms with Crippen molar-refractivity contribution < 1.29 is 53.8 Å². The second kappa shape index (κ2) is 11.2. The van der Waals surface area contributed by atoms with Gasteiger partial charge in [-0.1, -0.05) is 6.92 Å². The first kappa shape index (κ1) is 30.7. The van der Waals surface area contributed by atoms with E-state index < -0.39 is 65.6 Å². The summed E-state index contributed by atoms with van der Waals surface area (Å²) in [6.07, 6.45) is -15.3. The fraction of sp³-hybridized carbons (Fsp3) is 0.538. The number of cyclic esters (lactones) is 1. The number of nitrogens with zero attached hydrogens (tertiary/aromatic N) is 2. The molecule has 0 aliphatic carbocycles. The summed E-state index contributed by atoms with van der Waals surface area (Å²) in [7, 11) is 0. The highest BCUT2D eigenvalue weighted by Gasteiger charge is 2.44. The van der Waals surface area contributed by atoms with Crippen LogP contribution in [0.3, 0.4) is 0 Å². The summed E-state index contributed by atoms with van der Waals surface area (Å²) in [6.45, 7) is 3.16. The van der Waals surface area contributed by atoms with Gasteiger partial charge in [-0.15, -0.1) is 0 Å². The predicted molar refractivity (Wildman–Crippen MR) is 127 cm³/mol. The summed E-state index contributed by atoms with van der Waals surface area (Å²) >= 11 is 0. The lowest BCUT2D eigenvalue weighted by Crippen LogP contribution is -2.35. The molecule has 6 nitrogen and oxygen atoms in total. The second-order valence-corrected chi connectivity index (χ2v) is 10.0. The lowest BCUT2D eigenvalue weighted by molar-refractivity contribution is -0.143. The Kier molecular flexibility index (Phi) is 8.40. The van der Waals surface area contributed by atoms with Crippen LogP contribution in [0.25, 0.3) is 0 Å². The number of alkyl halides is 9. The average Bonchev–Trinajstić information content (AvgIpc) is 3.16. The number of amides is 1. The largest absolute Gasteiger partial charge is 0.439 e. The van der Waals surface area contributed by atoms with Crippen LogP contribution >= 0.6 is 0 Å². The van der Waals surface area contributed by atoms with E-state index in [2.05, 4.69) is 10.3 Å². The van der Waals surface area contributed by atoms with Crippen LogP contribution in [0.4, 0.5) is 50.1 Å². The molecule has 0 radical (unpaired) electrons. The molecule has 2 aliphatic heterocycles. The van der Waals surface area contributed by atoms with Crippen molar-refractivity contribution in [2.24, 2.45) is 0 Å². The molecule has 0 saturated carbocycles. The Morgan fingerprint density at radius 2 is 1.56 bits per heavy atom. The first-order valence-electron chi connectivity index (χ1n) is 12.7. The van der Waals surface area contributed by atoms with Crippen LogP contribution in [-0.4, -0.2) is 40.8 Å². The number of hydrogen-bond acceptors (Lipinski definition) is 5. The van der Waals surface area contributed by atoms with Crippen molar-refractivity contribution >= 4 is 11.9 Å². The molecule has 15 heteroatoms. The molecular weight excluding hydrogens is 573 g/mol. The zero-order valence-corrected chi connectivity index (χ0v) is 21.8. The molecule has 0 spiro atoms. The van der Waals surface area contributed by atoms with Crippen molar-refractivity contribution in [3.63, 3.8) is 0 Å². The quantitative estimate of drug-likeness (QED) is 0.347. The van der Waals surface area contributed by atoms with Crippen LogP contribution in [0.1, 0.15) is 67.0 Å². The number of rotatable bonds is 6. The van der Waals surface area contributed by atoms with E-state index >= 15 is 0 Å². The predicted octanol–water partition coefficient (Wildman–Crippen LogP) is 7.59. The van der Waals surface area contributed by atoms with Gasteiger partial charge < -0.3 is 14.8 Å². The number of halogens is 9. The standard InChI is InChI=1S/C26H26F9N3O3/c1-3-20-10-19(4-5-40-20)37-22-15(8-18(11-36-22)26(33,34)35)12-38-13(2)21(41-23(38)39)14-6-16(24(27,28)29)9-17(7-14)25(30,31)32/h6-9,11,13,19-21H,3-5,10,12H2,1-2H3,(H,36,37)/t13-,19?,20?,21-/m0/s1. The van der Waals surface area contributed by atoms with Gasteiger partial charge in [0.25, 0.3) is 0 Å². The average molecular weight is 599 g/mol. The second-order valence-electron chi connectivity index (χ2n) is 10.0. The maximum Gasteiger partial charge on any atom is 0.417 e. The van der Waals surface area contributed by atoms with Gasteiger partial charge in [0.1, 0.15) is 11.9 Å². The first-order chi connectivity index (χ1) is 19.0. The SMILES string of the molecule is CCC1CC(Nc2ncc(C(F)(F)F)cc2CN2C(=O)O[C@H](c3cc(C(F)(F)F)cc(C(F)(F)F)c3)[C@@H]2C)CCO1. The first-order valence-corrected chi connectivity index (χ1v) is 12.7. The van der Waals surface area contributed by atoms with Crippen LogP contribution in [0.15, 0.2) is 30.5 Å². The van der Waals surface area contributed by atoms with E-state index in [1.165, 1.54) is 6.92 Å². The summed E-state index contributed by atoms with van der Waals surface area (Å²) in [5.74, 6) is 0.0571. The molecule has 1 N–H and O–H groups in total. The molecule has 2 aromatic rings. The highest BCUT2D eigenvalue weighted by molar-refractivity contribution is 5.71. The number of aromatic nitrogens is 1. The molecule has 2 saturated heterocycles. The lowest BCUT2D eigenvalue weighted by Gasteiger charge is -2.31. The number of carbonyl (C=O) groups excluding carboxylic acids is 1. The summed E-state index contributed by atoms with van der Waals surface area (Å²) in [5, 5.41) is 3.10. The summed E-state index contributed by atoms with van der Waals surface area (Å²) in [4.78, 5) is 17.7. The molecule has 3 heterocycles. The van der Waals surface area contributed by atoms with Gasteiger partial charge in [-0.2, -0.15) is 39.5 Å². The Hall–Kier alpha value is -3.23. The monoisotopic (exact) mass is 599 g/mol. The Bertz CT molecular complexity index is 1230. The van der Waals surface area contributed by atoms with Gasteiger partial charge in [0, 0.05) is 24.4 Å². The highest BCUT2D eigenvalue weighted by atomic mass is 19.4. The molecule has 0 bridgehead atoms. The molecule has 41 heavy (non-hydrogen) atoms. The highest BCUT2D eigenvalue weighted by Crippen LogP contribution is 2.41. The molecule has 1 aromatic carbocycles. The Balaban J connectivity index is 1.65. The van der Waals surface area contributed by atoms with Gasteiger partial charge >= 0.3 is 24.6 Å². The van der Waals surface area contributed by atoms with Gasteiger partial charge in [0.2, 0.25) is 0 Å². The number of hydrogen-bond donors (Lipinski definition) is 1. The molecule has 2 fully saturated rings. The van der Waals surface area contributed by atoms with E-state index in [0.717, 1.165) is 17.4 Å². The molecule has 2 aliphatic rings. The third kappa shape index (κ3) is 6.99. The van der Waals surface area contributed by atoms with Crippen molar-refractivity contribution in [1.29, 1.82) is 0 Å². The van der Waals surface area contributed by atoms with Crippen LogP contribution < -0.4 is 5.32 Å². The Labute approximate surface area is 228 Å². The van der Waals surface area contributed by atoms with E-state index in [-0.39, 0.29) is 29.6 Å². The van der Waals surface area contributed by atoms with Crippen LogP contribution in [0.5, 0.6) is 0 Å². The maximum absolute atomic E-state index is 13.5. The third-order valence-electron chi connectivity index (χ3n) is 7.13. The fourth-order valence-corrected chi connectivity index (χ4v) is 4.89. The number of benzene rings is 1. The topological polar surface area (TPSA) is 63.7 Å². The van der Waals surface area contributed by atoms with Gasteiger partial charge in [-0.3, -0.25) is 4.90 Å². The normalized spacial score (nSPS) is 24.0. The number of carbonyl (C=O) groups is 1. The van der Waals surface area contributed by atoms with Crippen molar-refractivity contribution in [3.05, 3.63) is 58.3 Å². The van der Waals surface area contributed by atoms with E-state index in [4.69, 9.17) is 9.47 Å². The van der Waals surface area contributed by atoms with Crippen molar-refractivity contribution in [1.82, 2.24) is 9.88 Å².